The Morgan fingerprint density at radius 2 is 1.83 bits per heavy atom. The van der Waals surface area contributed by atoms with E-state index in [1.54, 1.807) is 18.2 Å². The summed E-state index contributed by atoms with van der Waals surface area (Å²) in [5, 5.41) is 8.57. The number of carbonyl (C=O) groups excluding carboxylic acids is 2. The minimum Gasteiger partial charge on any atom is -0.322 e. The first-order valence-electron chi connectivity index (χ1n) is 9.24. The van der Waals surface area contributed by atoms with Gasteiger partial charge >= 0.3 is 0 Å². The topological polar surface area (TPSA) is 71.1 Å². The lowest BCUT2D eigenvalue weighted by Gasteiger charge is -2.09. The normalized spacial score (nSPS) is 11.0. The van der Waals surface area contributed by atoms with Gasteiger partial charge in [-0.1, -0.05) is 54.1 Å². The van der Waals surface area contributed by atoms with E-state index >= 15 is 0 Å². The largest absolute Gasteiger partial charge is 0.322 e. The molecule has 2 N–H and O–H groups in total. The minimum atomic E-state index is -0.210. The number of fused-ring (bicyclic) bond motifs is 2. The number of carbonyl (C=O) groups is 2. The molecule has 0 aliphatic heterocycles. The Morgan fingerprint density at radius 3 is 2.66 bits per heavy atom. The third-order valence-corrected chi connectivity index (χ3v) is 5.75. The van der Waals surface area contributed by atoms with Crippen LogP contribution in [0.3, 0.4) is 0 Å². The summed E-state index contributed by atoms with van der Waals surface area (Å²) in [6, 6.07) is 16.5. The third-order valence-electron chi connectivity index (χ3n) is 4.48. The van der Waals surface area contributed by atoms with E-state index in [9.17, 15) is 9.59 Å². The fraction of sp³-hybridized carbons (Fsp3) is 0.136. The number of amides is 2. The fourth-order valence-electron chi connectivity index (χ4n) is 3.13. The maximum atomic E-state index is 12.9. The van der Waals surface area contributed by atoms with Crippen LogP contribution in [0.4, 0.5) is 10.8 Å². The summed E-state index contributed by atoms with van der Waals surface area (Å²) in [6.07, 6.45) is 1.25. The van der Waals surface area contributed by atoms with Gasteiger partial charge in [0.25, 0.3) is 5.91 Å². The highest BCUT2D eigenvalue weighted by Gasteiger charge is 2.13. The molecule has 1 aromatic heterocycles. The van der Waals surface area contributed by atoms with E-state index in [1.165, 1.54) is 11.3 Å². The summed E-state index contributed by atoms with van der Waals surface area (Å²) in [5.74, 6) is -0.257. The highest BCUT2D eigenvalue weighted by atomic mass is 35.5. The number of hydrogen-bond donors (Lipinski definition) is 2. The van der Waals surface area contributed by atoms with Crippen molar-refractivity contribution >= 4 is 66.6 Å². The molecule has 146 valence electrons. The molecule has 0 saturated carbocycles. The van der Waals surface area contributed by atoms with E-state index in [0.717, 1.165) is 27.4 Å². The van der Waals surface area contributed by atoms with Gasteiger partial charge in [0, 0.05) is 28.1 Å². The zero-order valence-electron chi connectivity index (χ0n) is 15.7. The van der Waals surface area contributed by atoms with Crippen molar-refractivity contribution in [2.75, 3.05) is 10.6 Å². The number of nitrogens with zero attached hydrogens (tertiary/aromatic N) is 1. The van der Waals surface area contributed by atoms with Crippen molar-refractivity contribution in [2.24, 2.45) is 0 Å². The molecule has 0 unspecified atom stereocenters. The molecule has 4 rings (SSSR count). The lowest BCUT2D eigenvalue weighted by molar-refractivity contribution is -0.116. The first-order chi connectivity index (χ1) is 14.0. The van der Waals surface area contributed by atoms with Crippen molar-refractivity contribution in [3.8, 4) is 0 Å². The van der Waals surface area contributed by atoms with Gasteiger partial charge in [0.15, 0.2) is 5.13 Å². The first-order valence-corrected chi connectivity index (χ1v) is 10.4. The molecule has 0 aliphatic rings. The maximum Gasteiger partial charge on any atom is 0.256 e. The second-order valence-electron chi connectivity index (χ2n) is 6.59. The Labute approximate surface area is 176 Å². The van der Waals surface area contributed by atoms with Gasteiger partial charge in [0.1, 0.15) is 0 Å². The van der Waals surface area contributed by atoms with E-state index in [-0.39, 0.29) is 11.8 Å². The molecule has 0 radical (unpaired) electrons. The molecule has 2 amide bonds. The van der Waals surface area contributed by atoms with E-state index in [4.69, 9.17) is 11.6 Å². The number of benzene rings is 3. The number of halogens is 1. The van der Waals surface area contributed by atoms with Crippen LogP contribution >= 0.6 is 22.9 Å². The van der Waals surface area contributed by atoms with Crippen molar-refractivity contribution in [1.29, 1.82) is 0 Å². The summed E-state index contributed by atoms with van der Waals surface area (Å²) in [6.45, 7) is 1.96. The van der Waals surface area contributed by atoms with Crippen LogP contribution in [-0.4, -0.2) is 16.8 Å². The molecule has 0 fully saturated rings. The predicted molar refractivity (Wildman–Crippen MR) is 120 cm³/mol. The molecule has 3 aromatic carbocycles. The van der Waals surface area contributed by atoms with Crippen LogP contribution in [0.25, 0.3) is 21.0 Å². The average molecular weight is 424 g/mol. The smallest absolute Gasteiger partial charge is 0.256 e. The molecule has 1 heterocycles. The Balaban J connectivity index is 1.59. The Hall–Kier alpha value is -2.96. The molecule has 5 nitrogen and oxygen atoms in total. The number of hydrogen-bond acceptors (Lipinski definition) is 4. The van der Waals surface area contributed by atoms with Crippen LogP contribution < -0.4 is 10.6 Å². The van der Waals surface area contributed by atoms with Crippen LogP contribution in [0, 0.1) is 0 Å². The van der Waals surface area contributed by atoms with E-state index in [2.05, 4.69) is 15.6 Å². The van der Waals surface area contributed by atoms with Gasteiger partial charge < -0.3 is 10.6 Å². The van der Waals surface area contributed by atoms with E-state index in [1.807, 2.05) is 43.3 Å². The van der Waals surface area contributed by atoms with Gasteiger partial charge in [-0.05, 0) is 42.1 Å². The Morgan fingerprint density at radius 1 is 1.03 bits per heavy atom. The van der Waals surface area contributed by atoms with Gasteiger partial charge in [-0.2, -0.15) is 0 Å². The molecule has 0 saturated heterocycles. The van der Waals surface area contributed by atoms with Crippen molar-refractivity contribution in [2.45, 2.75) is 19.8 Å². The summed E-state index contributed by atoms with van der Waals surface area (Å²) < 4.78 is 0.885. The zero-order chi connectivity index (χ0) is 20.4. The SMILES string of the molecule is CCCC(=O)Nc1nc2ccc(NC(=O)c3cccc4c(Cl)cccc34)cc2s1. The predicted octanol–water partition coefficient (Wildman–Crippen LogP) is 6.09. The molecular weight excluding hydrogens is 406 g/mol. The molecule has 29 heavy (non-hydrogen) atoms. The van der Waals surface area contributed by atoms with E-state index < -0.39 is 0 Å². The zero-order valence-corrected chi connectivity index (χ0v) is 17.2. The molecule has 0 aliphatic carbocycles. The second-order valence-corrected chi connectivity index (χ2v) is 8.03. The lowest BCUT2D eigenvalue weighted by Crippen LogP contribution is -2.12. The average Bonchev–Trinajstić information content (AvgIpc) is 3.09. The number of aromatic nitrogens is 1. The van der Waals surface area contributed by atoms with Gasteiger partial charge in [-0.15, -0.1) is 0 Å². The second kappa shape index (κ2) is 8.19. The summed E-state index contributed by atoms with van der Waals surface area (Å²) in [5.41, 5.74) is 2.00. The summed E-state index contributed by atoms with van der Waals surface area (Å²) in [7, 11) is 0. The van der Waals surface area contributed by atoms with Crippen molar-refractivity contribution < 1.29 is 9.59 Å². The molecule has 4 aromatic rings. The van der Waals surface area contributed by atoms with E-state index in [0.29, 0.717) is 27.8 Å². The summed E-state index contributed by atoms with van der Waals surface area (Å²) in [4.78, 5) is 29.1. The number of rotatable bonds is 5. The summed E-state index contributed by atoms with van der Waals surface area (Å²) >= 11 is 7.63. The quantitative estimate of drug-likeness (QED) is 0.407. The highest BCUT2D eigenvalue weighted by Crippen LogP contribution is 2.30. The van der Waals surface area contributed by atoms with Gasteiger partial charge in [0.2, 0.25) is 5.91 Å². The minimum absolute atomic E-state index is 0.0466. The molecule has 0 atom stereocenters. The molecular formula is C22H18ClN3O2S. The van der Waals surface area contributed by atoms with Crippen LogP contribution in [-0.2, 0) is 4.79 Å². The Bertz CT molecular complexity index is 1240. The lowest BCUT2D eigenvalue weighted by atomic mass is 10.0. The number of thiazole rings is 1. The Kier molecular flexibility index (Phi) is 5.47. The van der Waals surface area contributed by atoms with Gasteiger partial charge in [0.05, 0.1) is 10.2 Å². The van der Waals surface area contributed by atoms with Crippen LogP contribution in [0.15, 0.2) is 54.6 Å². The van der Waals surface area contributed by atoms with Crippen LogP contribution in [0.1, 0.15) is 30.1 Å². The van der Waals surface area contributed by atoms with Crippen molar-refractivity contribution in [1.82, 2.24) is 4.98 Å². The first kappa shape index (κ1) is 19.4. The molecule has 0 bridgehead atoms. The standard InChI is InChI=1S/C22H18ClN3O2S/c1-2-5-20(27)26-22-25-18-11-10-13(12-19(18)29-22)24-21(28)16-8-3-7-15-14(16)6-4-9-17(15)23/h3-4,6-12H,2,5H2,1H3,(H,24,28)(H,25,26,27). The van der Waals surface area contributed by atoms with Crippen LogP contribution in [0.5, 0.6) is 0 Å². The maximum absolute atomic E-state index is 12.9. The molecule has 7 heteroatoms. The monoisotopic (exact) mass is 423 g/mol. The fourth-order valence-corrected chi connectivity index (χ4v) is 4.29. The van der Waals surface area contributed by atoms with Crippen molar-refractivity contribution in [3.63, 3.8) is 0 Å². The third kappa shape index (κ3) is 4.09. The van der Waals surface area contributed by atoms with Crippen molar-refractivity contribution in [3.05, 3.63) is 65.2 Å². The van der Waals surface area contributed by atoms with Gasteiger partial charge in [-0.25, -0.2) is 4.98 Å². The molecule has 0 spiro atoms. The number of anilines is 2. The number of nitrogens with one attached hydrogen (secondary N) is 2. The highest BCUT2D eigenvalue weighted by molar-refractivity contribution is 7.22. The van der Waals surface area contributed by atoms with Gasteiger partial charge in [-0.3, -0.25) is 9.59 Å². The van der Waals surface area contributed by atoms with Crippen LogP contribution in [0.2, 0.25) is 5.02 Å².